The fourth-order valence-electron chi connectivity index (χ4n) is 2.73. The summed E-state index contributed by atoms with van der Waals surface area (Å²) in [4.78, 5) is 13.7. The van der Waals surface area contributed by atoms with E-state index >= 15 is 0 Å². The van der Waals surface area contributed by atoms with Crippen molar-refractivity contribution in [1.29, 1.82) is 0 Å². The second-order valence-corrected chi connectivity index (χ2v) is 7.48. The van der Waals surface area contributed by atoms with Crippen molar-refractivity contribution < 1.29 is 22.7 Å². The summed E-state index contributed by atoms with van der Waals surface area (Å²) in [5.74, 6) is -0.267. The lowest BCUT2D eigenvalue weighted by atomic mass is 10.1. The first-order chi connectivity index (χ1) is 15.0. The van der Waals surface area contributed by atoms with Crippen molar-refractivity contribution in [3.8, 4) is 5.75 Å². The van der Waals surface area contributed by atoms with E-state index in [9.17, 15) is 18.0 Å². The summed E-state index contributed by atoms with van der Waals surface area (Å²) in [5.41, 5.74) is 7.01. The normalized spacial score (nSPS) is 10.6. The molecule has 0 fully saturated rings. The van der Waals surface area contributed by atoms with E-state index in [0.29, 0.717) is 17.7 Å². The number of thiocarbonyl (C=S) groups is 1. The first-order valence-corrected chi connectivity index (χ1v) is 10.5. The van der Waals surface area contributed by atoms with Crippen molar-refractivity contribution in [2.75, 3.05) is 13.2 Å². The van der Waals surface area contributed by atoms with Gasteiger partial charge in [0.15, 0.2) is 5.11 Å². The average Bonchev–Trinajstić information content (AvgIpc) is 2.73. The van der Waals surface area contributed by atoms with Gasteiger partial charge in [-0.05, 0) is 56.2 Å². The molecule has 0 aromatic heterocycles. The van der Waals surface area contributed by atoms with E-state index in [1.54, 1.807) is 19.1 Å². The number of carbonyl (C=O) groups is 1. The number of benzene rings is 2. The molecule has 0 unspecified atom stereocenters. The van der Waals surface area contributed by atoms with Crippen LogP contribution in [0.4, 0.5) is 13.2 Å². The van der Waals surface area contributed by atoms with Crippen LogP contribution in [0.5, 0.6) is 5.75 Å². The highest BCUT2D eigenvalue weighted by Gasteiger charge is 2.34. The number of rotatable bonds is 7. The third kappa shape index (κ3) is 8.34. The Hall–Kier alpha value is -2.87. The van der Waals surface area contributed by atoms with Crippen molar-refractivity contribution in [1.82, 2.24) is 4.90 Å². The summed E-state index contributed by atoms with van der Waals surface area (Å²) in [6.07, 6.45) is -1.09. The lowest BCUT2D eigenvalue weighted by molar-refractivity contribution is -0.138. The fourth-order valence-corrected chi connectivity index (χ4v) is 2.90. The lowest BCUT2D eigenvalue weighted by Crippen LogP contribution is -2.41. The SMILES string of the molecule is C=CCOc1ccc(C)cc1C(F)(F)F.CCCCN(C(=O)c1ccccc1C)C(N)=S. The summed E-state index contributed by atoms with van der Waals surface area (Å²) in [6.45, 7) is 9.60. The third-order valence-corrected chi connectivity index (χ3v) is 4.64. The molecule has 0 radical (unpaired) electrons. The fraction of sp³-hybridized carbons (Fsp3) is 0.333. The molecule has 0 saturated heterocycles. The Morgan fingerprint density at radius 3 is 2.41 bits per heavy atom. The Morgan fingerprint density at radius 1 is 1.22 bits per heavy atom. The van der Waals surface area contributed by atoms with Gasteiger partial charge < -0.3 is 10.5 Å². The second-order valence-electron chi connectivity index (χ2n) is 7.06. The zero-order chi connectivity index (χ0) is 24.3. The predicted molar refractivity (Wildman–Crippen MR) is 126 cm³/mol. The van der Waals surface area contributed by atoms with E-state index in [0.717, 1.165) is 24.5 Å². The molecule has 0 spiro atoms. The molecule has 174 valence electrons. The summed E-state index contributed by atoms with van der Waals surface area (Å²) < 4.78 is 42.6. The molecule has 0 saturated carbocycles. The molecule has 2 N–H and O–H groups in total. The molecule has 4 nitrogen and oxygen atoms in total. The lowest BCUT2D eigenvalue weighted by Gasteiger charge is -2.21. The van der Waals surface area contributed by atoms with Gasteiger partial charge in [0.1, 0.15) is 12.4 Å². The van der Waals surface area contributed by atoms with Gasteiger partial charge in [-0.1, -0.05) is 55.8 Å². The van der Waals surface area contributed by atoms with E-state index in [1.807, 2.05) is 25.1 Å². The number of hydrogen-bond acceptors (Lipinski definition) is 3. The highest BCUT2D eigenvalue weighted by atomic mass is 32.1. The van der Waals surface area contributed by atoms with Gasteiger partial charge in [0, 0.05) is 12.1 Å². The van der Waals surface area contributed by atoms with Gasteiger partial charge in [0.2, 0.25) is 0 Å². The van der Waals surface area contributed by atoms with Gasteiger partial charge >= 0.3 is 6.18 Å². The van der Waals surface area contributed by atoms with E-state index in [2.05, 4.69) is 13.5 Å². The molecule has 0 bridgehead atoms. The molecule has 0 aliphatic heterocycles. The summed E-state index contributed by atoms with van der Waals surface area (Å²) >= 11 is 4.93. The minimum Gasteiger partial charge on any atom is -0.489 e. The van der Waals surface area contributed by atoms with Gasteiger partial charge in [0.05, 0.1) is 5.56 Å². The first kappa shape index (κ1) is 27.2. The number of aryl methyl sites for hydroxylation is 2. The van der Waals surface area contributed by atoms with Crippen molar-refractivity contribution >= 4 is 23.2 Å². The van der Waals surface area contributed by atoms with Gasteiger partial charge in [-0.2, -0.15) is 13.2 Å². The van der Waals surface area contributed by atoms with Gasteiger partial charge in [-0.25, -0.2) is 0 Å². The van der Waals surface area contributed by atoms with Crippen LogP contribution >= 0.6 is 12.2 Å². The summed E-state index contributed by atoms with van der Waals surface area (Å²) in [7, 11) is 0. The van der Waals surface area contributed by atoms with Crippen LogP contribution < -0.4 is 10.5 Å². The van der Waals surface area contributed by atoms with Gasteiger partial charge in [-0.3, -0.25) is 9.69 Å². The topological polar surface area (TPSA) is 55.6 Å². The van der Waals surface area contributed by atoms with Crippen molar-refractivity contribution in [2.24, 2.45) is 5.73 Å². The van der Waals surface area contributed by atoms with Crippen LogP contribution in [-0.4, -0.2) is 29.1 Å². The van der Waals surface area contributed by atoms with Gasteiger partial charge in [0.25, 0.3) is 5.91 Å². The van der Waals surface area contributed by atoms with Crippen molar-refractivity contribution in [2.45, 2.75) is 39.8 Å². The Balaban J connectivity index is 0.000000323. The molecular formula is C24H29F3N2O2S. The smallest absolute Gasteiger partial charge is 0.419 e. The van der Waals surface area contributed by atoms with Crippen LogP contribution in [0.15, 0.2) is 55.1 Å². The molecule has 0 atom stereocenters. The first-order valence-electron chi connectivity index (χ1n) is 10.1. The average molecular weight is 467 g/mol. The van der Waals surface area contributed by atoms with E-state index in [-0.39, 0.29) is 23.4 Å². The van der Waals surface area contributed by atoms with E-state index in [4.69, 9.17) is 22.7 Å². The molecule has 0 heterocycles. The minimum atomic E-state index is -4.39. The number of unbranched alkanes of at least 4 members (excludes halogenated alkanes) is 1. The zero-order valence-corrected chi connectivity index (χ0v) is 19.4. The number of nitrogens with zero attached hydrogens (tertiary/aromatic N) is 1. The van der Waals surface area contributed by atoms with Crippen molar-refractivity contribution in [3.63, 3.8) is 0 Å². The number of ether oxygens (including phenoxy) is 1. The molecule has 0 aliphatic rings. The Kier molecular flexibility index (Phi) is 10.9. The van der Waals surface area contributed by atoms with Crippen LogP contribution in [0.3, 0.4) is 0 Å². The van der Waals surface area contributed by atoms with Crippen LogP contribution in [0.25, 0.3) is 0 Å². The maximum atomic E-state index is 12.5. The molecule has 2 aromatic carbocycles. The molecule has 0 aliphatic carbocycles. The monoisotopic (exact) mass is 466 g/mol. The zero-order valence-electron chi connectivity index (χ0n) is 18.5. The minimum absolute atomic E-state index is 0.0616. The summed E-state index contributed by atoms with van der Waals surface area (Å²) in [5, 5.41) is 0.145. The largest absolute Gasteiger partial charge is 0.489 e. The second kappa shape index (κ2) is 12.9. The Morgan fingerprint density at radius 2 is 1.88 bits per heavy atom. The summed E-state index contributed by atoms with van der Waals surface area (Å²) in [6, 6.07) is 11.4. The number of hydrogen-bond donors (Lipinski definition) is 1. The standard InChI is InChI=1S/C13H18N2OS.C11H11F3O/c1-3-4-9-15(13(14)17)12(16)11-8-6-5-7-10(11)2;1-3-6-15-10-5-4-8(2)7-9(10)11(12,13)14/h5-8H,3-4,9H2,1-2H3,(H2,14,17);3-5,7H,1,6H2,2H3. The predicted octanol–water partition coefficient (Wildman–Crippen LogP) is 6.06. The molecule has 1 amide bonds. The number of nitrogens with two attached hydrogens (primary N) is 1. The quantitative estimate of drug-likeness (QED) is 0.398. The Bertz CT molecular complexity index is 930. The third-order valence-electron chi connectivity index (χ3n) is 4.42. The maximum Gasteiger partial charge on any atom is 0.419 e. The highest BCUT2D eigenvalue weighted by molar-refractivity contribution is 7.80. The van der Waals surface area contributed by atoms with Crippen molar-refractivity contribution in [3.05, 3.63) is 77.4 Å². The van der Waals surface area contributed by atoms with Gasteiger partial charge in [-0.15, -0.1) is 0 Å². The Labute approximate surface area is 192 Å². The number of halogens is 3. The molecular weight excluding hydrogens is 437 g/mol. The number of alkyl halides is 3. The molecule has 32 heavy (non-hydrogen) atoms. The maximum absolute atomic E-state index is 12.5. The molecule has 2 rings (SSSR count). The van der Waals surface area contributed by atoms with Crippen LogP contribution in [0, 0.1) is 13.8 Å². The van der Waals surface area contributed by atoms with Crippen LogP contribution in [-0.2, 0) is 6.18 Å². The highest BCUT2D eigenvalue weighted by Crippen LogP contribution is 2.36. The van der Waals surface area contributed by atoms with E-state index < -0.39 is 11.7 Å². The molecule has 8 heteroatoms. The van der Waals surface area contributed by atoms with Crippen LogP contribution in [0.2, 0.25) is 0 Å². The number of carbonyl (C=O) groups excluding carboxylic acids is 1. The molecule has 2 aromatic rings. The number of amides is 1. The van der Waals surface area contributed by atoms with Crippen LogP contribution in [0.1, 0.15) is 46.8 Å². The van der Waals surface area contributed by atoms with E-state index in [1.165, 1.54) is 17.0 Å².